The predicted molar refractivity (Wildman–Crippen MR) is 103 cm³/mol. The van der Waals surface area contributed by atoms with Crippen molar-refractivity contribution in [3.8, 4) is 0 Å². The molecule has 0 N–H and O–H groups in total. The van der Waals surface area contributed by atoms with Gasteiger partial charge in [-0.3, -0.25) is 0 Å². The molecule has 0 aliphatic rings. The van der Waals surface area contributed by atoms with Crippen molar-refractivity contribution in [2.45, 2.75) is 13.3 Å². The van der Waals surface area contributed by atoms with E-state index >= 15 is 0 Å². The third-order valence-electron chi connectivity index (χ3n) is 3.97. The molecule has 0 saturated carbocycles. The van der Waals surface area contributed by atoms with E-state index in [0.29, 0.717) is 0 Å². The van der Waals surface area contributed by atoms with Crippen molar-refractivity contribution < 1.29 is 0 Å². The van der Waals surface area contributed by atoms with Crippen LogP contribution < -0.4 is 10.4 Å². The van der Waals surface area contributed by atoms with Gasteiger partial charge in [0.2, 0.25) is 0 Å². The van der Waals surface area contributed by atoms with Crippen LogP contribution in [0.3, 0.4) is 0 Å². The Balaban J connectivity index is 2.09. The SMILES string of the molecule is CC/C(=C\c1ccccc1)[Si](c1ccccc1)c1ccccc1. The lowest BCUT2D eigenvalue weighted by atomic mass is 10.2. The topological polar surface area (TPSA) is 0 Å². The lowest BCUT2D eigenvalue weighted by molar-refractivity contribution is 1.20. The zero-order chi connectivity index (χ0) is 15.9. The molecule has 0 amide bonds. The first-order valence-corrected chi connectivity index (χ1v) is 9.62. The summed E-state index contributed by atoms with van der Waals surface area (Å²) in [5.41, 5.74) is 1.29. The molecule has 0 fully saturated rings. The van der Waals surface area contributed by atoms with Gasteiger partial charge in [-0.15, -0.1) is 0 Å². The summed E-state index contributed by atoms with van der Waals surface area (Å²) in [6, 6.07) is 32.6. The smallest absolute Gasteiger partial charge is 0.0725 e. The van der Waals surface area contributed by atoms with Crippen molar-refractivity contribution in [3.05, 3.63) is 102 Å². The molecular formula is C22H21Si. The van der Waals surface area contributed by atoms with Crippen LogP contribution in [0.2, 0.25) is 0 Å². The summed E-state index contributed by atoms with van der Waals surface area (Å²) in [4.78, 5) is 0. The molecule has 0 bridgehead atoms. The second-order valence-electron chi connectivity index (χ2n) is 5.54. The van der Waals surface area contributed by atoms with Gasteiger partial charge in [-0.25, -0.2) is 0 Å². The predicted octanol–water partition coefficient (Wildman–Crippen LogP) is 4.33. The monoisotopic (exact) mass is 313 g/mol. The summed E-state index contributed by atoms with van der Waals surface area (Å²) in [7, 11) is -0.926. The highest BCUT2D eigenvalue weighted by Gasteiger charge is 2.20. The average molecular weight is 313 g/mol. The van der Waals surface area contributed by atoms with E-state index in [9.17, 15) is 0 Å². The highest BCUT2D eigenvalue weighted by Crippen LogP contribution is 2.13. The number of benzene rings is 3. The molecule has 3 rings (SSSR count). The average Bonchev–Trinajstić information content (AvgIpc) is 2.64. The van der Waals surface area contributed by atoms with Gasteiger partial charge < -0.3 is 0 Å². The minimum Gasteiger partial charge on any atom is -0.0725 e. The Morgan fingerprint density at radius 1 is 0.696 bits per heavy atom. The highest BCUT2D eigenvalue weighted by atomic mass is 28.3. The molecule has 23 heavy (non-hydrogen) atoms. The zero-order valence-electron chi connectivity index (χ0n) is 13.4. The second kappa shape index (κ2) is 7.75. The molecule has 0 aliphatic carbocycles. The van der Waals surface area contributed by atoms with Crippen LogP contribution in [0.5, 0.6) is 0 Å². The summed E-state index contributed by atoms with van der Waals surface area (Å²) >= 11 is 0. The van der Waals surface area contributed by atoms with E-state index in [0.717, 1.165) is 6.42 Å². The van der Waals surface area contributed by atoms with Gasteiger partial charge in [0.05, 0.1) is 0 Å². The first-order valence-electron chi connectivity index (χ1n) is 8.12. The molecule has 1 heteroatoms. The summed E-state index contributed by atoms with van der Waals surface area (Å²) in [5.74, 6) is 0. The van der Waals surface area contributed by atoms with Gasteiger partial charge in [-0.2, -0.15) is 0 Å². The van der Waals surface area contributed by atoms with Crippen LogP contribution >= 0.6 is 0 Å². The molecule has 0 aliphatic heterocycles. The summed E-state index contributed by atoms with van der Waals surface area (Å²) in [6.07, 6.45) is 3.46. The third kappa shape index (κ3) is 3.88. The first kappa shape index (κ1) is 15.5. The highest BCUT2D eigenvalue weighted by molar-refractivity contribution is 6.91. The molecule has 0 unspecified atom stereocenters. The molecule has 0 heterocycles. The first-order chi connectivity index (χ1) is 11.4. The maximum absolute atomic E-state index is 2.38. The van der Waals surface area contributed by atoms with Crippen molar-refractivity contribution in [2.75, 3.05) is 0 Å². The van der Waals surface area contributed by atoms with Gasteiger partial charge in [-0.1, -0.05) is 120 Å². The Bertz CT molecular complexity index is 706. The number of allylic oxidation sites excluding steroid dienone is 1. The van der Waals surface area contributed by atoms with E-state index in [1.54, 1.807) is 5.20 Å². The van der Waals surface area contributed by atoms with E-state index < -0.39 is 8.80 Å². The standard InChI is InChI=1S/C22H21Si/c1-2-20(18-19-12-6-3-7-13-19)23(21-14-8-4-9-15-21)22-16-10-5-11-17-22/h3-18H,2H2,1H3/b20-18+. The fourth-order valence-corrected chi connectivity index (χ4v) is 5.64. The molecule has 0 saturated heterocycles. The molecule has 1 radical (unpaired) electrons. The third-order valence-corrected chi connectivity index (χ3v) is 6.93. The number of rotatable bonds is 5. The van der Waals surface area contributed by atoms with Gasteiger partial charge >= 0.3 is 0 Å². The minimum absolute atomic E-state index is 0.926. The van der Waals surface area contributed by atoms with Gasteiger partial charge in [0.15, 0.2) is 0 Å². The Hall–Kier alpha value is -2.38. The largest absolute Gasteiger partial charge is 0.150 e. The normalized spacial score (nSPS) is 11.7. The zero-order valence-corrected chi connectivity index (χ0v) is 14.4. The second-order valence-corrected chi connectivity index (χ2v) is 8.09. The van der Waals surface area contributed by atoms with E-state index in [2.05, 4.69) is 104 Å². The van der Waals surface area contributed by atoms with Crippen LogP contribution in [-0.2, 0) is 0 Å². The van der Waals surface area contributed by atoms with E-state index in [1.807, 2.05) is 0 Å². The number of hydrogen-bond acceptors (Lipinski definition) is 0. The van der Waals surface area contributed by atoms with Crippen molar-refractivity contribution in [3.63, 3.8) is 0 Å². The molecule has 113 valence electrons. The lowest BCUT2D eigenvalue weighted by Gasteiger charge is -2.19. The van der Waals surface area contributed by atoms with E-state index in [-0.39, 0.29) is 0 Å². The van der Waals surface area contributed by atoms with Gasteiger partial charge in [0.25, 0.3) is 0 Å². The van der Waals surface area contributed by atoms with Crippen LogP contribution in [0.25, 0.3) is 6.08 Å². The molecule has 3 aromatic carbocycles. The summed E-state index contributed by atoms with van der Waals surface area (Å²) < 4.78 is 0. The quantitative estimate of drug-likeness (QED) is 0.615. The van der Waals surface area contributed by atoms with Crippen LogP contribution in [0.1, 0.15) is 18.9 Å². The maximum atomic E-state index is 2.38. The Labute approximate surface area is 140 Å². The van der Waals surface area contributed by atoms with Gasteiger partial charge in [0.1, 0.15) is 8.80 Å². The van der Waals surface area contributed by atoms with Crippen molar-refractivity contribution in [2.24, 2.45) is 0 Å². The van der Waals surface area contributed by atoms with Crippen LogP contribution in [0, 0.1) is 0 Å². The Morgan fingerprint density at radius 3 is 1.57 bits per heavy atom. The maximum Gasteiger partial charge on any atom is 0.150 e. The Kier molecular flexibility index (Phi) is 5.23. The molecular weight excluding hydrogens is 292 g/mol. The van der Waals surface area contributed by atoms with Crippen molar-refractivity contribution in [1.29, 1.82) is 0 Å². The fourth-order valence-electron chi connectivity index (χ4n) is 2.85. The number of hydrogen-bond donors (Lipinski definition) is 0. The van der Waals surface area contributed by atoms with Crippen LogP contribution in [0.15, 0.2) is 96.2 Å². The van der Waals surface area contributed by atoms with Gasteiger partial charge in [0, 0.05) is 0 Å². The molecule has 0 atom stereocenters. The van der Waals surface area contributed by atoms with Crippen molar-refractivity contribution in [1.82, 2.24) is 0 Å². The summed E-state index contributed by atoms with van der Waals surface area (Å²) in [5, 5.41) is 4.44. The minimum atomic E-state index is -0.926. The fraction of sp³-hybridized carbons (Fsp3) is 0.0909. The van der Waals surface area contributed by atoms with Crippen LogP contribution in [0.4, 0.5) is 0 Å². The Morgan fingerprint density at radius 2 is 1.13 bits per heavy atom. The van der Waals surface area contributed by atoms with E-state index in [1.165, 1.54) is 15.9 Å². The molecule has 0 spiro atoms. The molecule has 3 aromatic rings. The van der Waals surface area contributed by atoms with E-state index in [4.69, 9.17) is 0 Å². The van der Waals surface area contributed by atoms with Gasteiger partial charge in [-0.05, 0) is 12.0 Å². The summed E-state index contributed by atoms with van der Waals surface area (Å²) in [6.45, 7) is 2.27. The van der Waals surface area contributed by atoms with Crippen LogP contribution in [-0.4, -0.2) is 8.80 Å². The molecule has 0 aromatic heterocycles. The molecule has 0 nitrogen and oxygen atoms in total. The lowest BCUT2D eigenvalue weighted by Crippen LogP contribution is -2.44. The van der Waals surface area contributed by atoms with Crippen molar-refractivity contribution >= 4 is 25.2 Å².